The number of aliphatic imine (C=N–C) groups is 1. The highest BCUT2D eigenvalue weighted by Crippen LogP contribution is 2.39. The van der Waals surface area contributed by atoms with Crippen LogP contribution in [-0.4, -0.2) is 47.7 Å². The Morgan fingerprint density at radius 3 is 2.39 bits per heavy atom. The average molecular weight is 418 g/mol. The number of ether oxygens (including phenoxy) is 1. The summed E-state index contributed by atoms with van der Waals surface area (Å²) in [5.74, 6) is 3.19. The van der Waals surface area contributed by atoms with Gasteiger partial charge in [0.05, 0.1) is 5.56 Å². The molecule has 2 aromatic rings. The van der Waals surface area contributed by atoms with Crippen LogP contribution in [0.3, 0.4) is 0 Å². The van der Waals surface area contributed by atoms with Crippen molar-refractivity contribution in [2.45, 2.75) is 46.0 Å². The summed E-state index contributed by atoms with van der Waals surface area (Å²) >= 11 is 0. The van der Waals surface area contributed by atoms with E-state index in [0.717, 1.165) is 73.2 Å². The second-order valence-corrected chi connectivity index (χ2v) is 9.16. The Balaban J connectivity index is 1.40. The summed E-state index contributed by atoms with van der Waals surface area (Å²) in [5.41, 5.74) is 4.22. The van der Waals surface area contributed by atoms with Crippen molar-refractivity contribution in [3.8, 4) is 11.5 Å². The van der Waals surface area contributed by atoms with Crippen molar-refractivity contribution in [3.63, 3.8) is 0 Å². The van der Waals surface area contributed by atoms with Crippen LogP contribution in [0.1, 0.15) is 48.8 Å². The maximum Gasteiger partial charge on any atom is 0.225 e. The van der Waals surface area contributed by atoms with E-state index in [4.69, 9.17) is 9.73 Å². The molecule has 0 radical (unpaired) electrons. The van der Waals surface area contributed by atoms with Crippen LogP contribution in [0, 0.1) is 19.8 Å². The minimum Gasteiger partial charge on any atom is -0.454 e. The molecular weight excluding hydrogens is 386 g/mol. The van der Waals surface area contributed by atoms with E-state index >= 15 is 0 Å². The molecule has 2 heterocycles. The summed E-state index contributed by atoms with van der Waals surface area (Å²) in [7, 11) is 0. The van der Waals surface area contributed by atoms with Gasteiger partial charge in [-0.15, -0.1) is 0 Å². The number of rotatable bonds is 1. The molecule has 1 aliphatic carbocycles. The standard InChI is InChI=1S/C26H31N3O2/c1-18-9-11-23-21(16-18)25(27-22-10-8-19(2)17-24(22)31-23)28-12-14-29(15-13-28)26(30)20-6-4-3-5-7-20/h8-11,16-17,20H,3-7,12-15H2,1-2H3. The van der Waals surface area contributed by atoms with E-state index < -0.39 is 0 Å². The topological polar surface area (TPSA) is 45.1 Å². The lowest BCUT2D eigenvalue weighted by atomic mass is 9.88. The van der Waals surface area contributed by atoms with Crippen LogP contribution in [0.4, 0.5) is 5.69 Å². The van der Waals surface area contributed by atoms with Crippen molar-refractivity contribution in [3.05, 3.63) is 53.1 Å². The molecule has 5 nitrogen and oxygen atoms in total. The number of nitrogens with zero attached hydrogens (tertiary/aromatic N) is 3. The first-order valence-electron chi connectivity index (χ1n) is 11.6. The lowest BCUT2D eigenvalue weighted by molar-refractivity contribution is -0.137. The number of hydrogen-bond donors (Lipinski definition) is 0. The SMILES string of the molecule is Cc1ccc2c(c1)Oc1ccc(C)cc1C(N1CCN(C(=O)C3CCCCC3)CC1)=N2. The highest BCUT2D eigenvalue weighted by atomic mass is 16.5. The highest BCUT2D eigenvalue weighted by Gasteiger charge is 2.31. The Hall–Kier alpha value is -2.82. The van der Waals surface area contributed by atoms with Crippen molar-refractivity contribution < 1.29 is 9.53 Å². The fourth-order valence-electron chi connectivity index (χ4n) is 4.98. The minimum absolute atomic E-state index is 0.238. The van der Waals surface area contributed by atoms with E-state index in [1.54, 1.807) is 0 Å². The number of amidine groups is 1. The number of hydrogen-bond acceptors (Lipinski definition) is 4. The van der Waals surface area contributed by atoms with Gasteiger partial charge in [-0.2, -0.15) is 0 Å². The van der Waals surface area contributed by atoms with Crippen molar-refractivity contribution in [2.75, 3.05) is 26.2 Å². The zero-order valence-corrected chi connectivity index (χ0v) is 18.6. The molecular formula is C26H31N3O2. The third-order valence-corrected chi connectivity index (χ3v) is 6.78. The van der Waals surface area contributed by atoms with E-state index in [1.807, 2.05) is 18.2 Å². The average Bonchev–Trinajstić information content (AvgIpc) is 2.95. The predicted octanol–water partition coefficient (Wildman–Crippen LogP) is 5.21. The molecule has 162 valence electrons. The summed E-state index contributed by atoms with van der Waals surface area (Å²) < 4.78 is 6.29. The van der Waals surface area contributed by atoms with Gasteiger partial charge in [0.15, 0.2) is 5.75 Å². The number of benzene rings is 2. The summed E-state index contributed by atoms with van der Waals surface area (Å²) in [5, 5.41) is 0. The Kier molecular flexibility index (Phi) is 5.43. The molecule has 2 aliphatic heterocycles. The molecule has 3 aliphatic rings. The van der Waals surface area contributed by atoms with Crippen molar-refractivity contribution >= 4 is 17.4 Å². The monoisotopic (exact) mass is 417 g/mol. The fourth-order valence-corrected chi connectivity index (χ4v) is 4.98. The van der Waals surface area contributed by atoms with Crippen LogP contribution < -0.4 is 4.74 Å². The van der Waals surface area contributed by atoms with Gasteiger partial charge >= 0.3 is 0 Å². The lowest BCUT2D eigenvalue weighted by Gasteiger charge is -2.38. The Bertz CT molecular complexity index is 1020. The van der Waals surface area contributed by atoms with Crippen LogP contribution >= 0.6 is 0 Å². The summed E-state index contributed by atoms with van der Waals surface area (Å²) in [6.45, 7) is 7.28. The van der Waals surface area contributed by atoms with Gasteiger partial charge in [-0.1, -0.05) is 37.0 Å². The summed E-state index contributed by atoms with van der Waals surface area (Å²) in [4.78, 5) is 22.4. The number of fused-ring (bicyclic) bond motifs is 2. The molecule has 1 amide bonds. The first-order chi connectivity index (χ1) is 15.1. The predicted molar refractivity (Wildman–Crippen MR) is 123 cm³/mol. The molecule has 2 aromatic carbocycles. The van der Waals surface area contributed by atoms with Crippen molar-refractivity contribution in [2.24, 2.45) is 10.9 Å². The molecule has 0 N–H and O–H groups in total. The first kappa shape index (κ1) is 20.1. The smallest absolute Gasteiger partial charge is 0.225 e. The van der Waals surface area contributed by atoms with E-state index in [-0.39, 0.29) is 5.92 Å². The number of amides is 1. The van der Waals surface area contributed by atoms with Crippen LogP contribution in [0.2, 0.25) is 0 Å². The normalized spacial score (nSPS) is 19.1. The Labute approximate surface area is 184 Å². The molecule has 1 saturated heterocycles. The lowest BCUT2D eigenvalue weighted by Crippen LogP contribution is -2.52. The van der Waals surface area contributed by atoms with Crippen molar-refractivity contribution in [1.82, 2.24) is 9.80 Å². The molecule has 5 heteroatoms. The fraction of sp³-hybridized carbons (Fsp3) is 0.462. The van der Waals surface area contributed by atoms with Gasteiger partial charge in [0.1, 0.15) is 17.3 Å². The van der Waals surface area contributed by atoms with Gasteiger partial charge in [-0.05, 0) is 56.5 Å². The molecule has 5 rings (SSSR count). The number of carbonyl (C=O) groups is 1. The molecule has 2 fully saturated rings. The molecule has 31 heavy (non-hydrogen) atoms. The van der Waals surface area contributed by atoms with Crippen LogP contribution in [-0.2, 0) is 4.79 Å². The number of piperazine rings is 1. The molecule has 0 aromatic heterocycles. The maximum atomic E-state index is 13.0. The molecule has 1 saturated carbocycles. The van der Waals surface area contributed by atoms with Gasteiger partial charge in [0.2, 0.25) is 5.91 Å². The Morgan fingerprint density at radius 2 is 1.61 bits per heavy atom. The largest absolute Gasteiger partial charge is 0.454 e. The number of carbonyl (C=O) groups excluding carboxylic acids is 1. The number of aryl methyl sites for hydroxylation is 2. The highest BCUT2D eigenvalue weighted by molar-refractivity contribution is 6.04. The summed E-state index contributed by atoms with van der Waals surface area (Å²) in [6.07, 6.45) is 5.79. The van der Waals surface area contributed by atoms with E-state index in [9.17, 15) is 4.79 Å². The molecule has 0 bridgehead atoms. The van der Waals surface area contributed by atoms with E-state index in [2.05, 4.69) is 41.8 Å². The minimum atomic E-state index is 0.238. The van der Waals surface area contributed by atoms with Crippen LogP contribution in [0.15, 0.2) is 41.4 Å². The van der Waals surface area contributed by atoms with Crippen LogP contribution in [0.5, 0.6) is 11.5 Å². The van der Waals surface area contributed by atoms with Gasteiger partial charge in [0, 0.05) is 32.1 Å². The third kappa shape index (κ3) is 4.06. The van der Waals surface area contributed by atoms with Gasteiger partial charge in [-0.3, -0.25) is 4.79 Å². The van der Waals surface area contributed by atoms with Gasteiger partial charge in [0.25, 0.3) is 0 Å². The Morgan fingerprint density at radius 1 is 0.903 bits per heavy atom. The van der Waals surface area contributed by atoms with Gasteiger partial charge in [-0.25, -0.2) is 4.99 Å². The maximum absolute atomic E-state index is 13.0. The second-order valence-electron chi connectivity index (χ2n) is 9.16. The van der Waals surface area contributed by atoms with Crippen molar-refractivity contribution in [1.29, 1.82) is 0 Å². The second kappa shape index (κ2) is 8.37. The quantitative estimate of drug-likeness (QED) is 0.640. The van der Waals surface area contributed by atoms with E-state index in [1.165, 1.54) is 24.8 Å². The molecule has 0 atom stereocenters. The third-order valence-electron chi connectivity index (χ3n) is 6.78. The van der Waals surface area contributed by atoms with Crippen LogP contribution in [0.25, 0.3) is 0 Å². The summed E-state index contributed by atoms with van der Waals surface area (Å²) in [6, 6.07) is 12.4. The first-order valence-corrected chi connectivity index (χ1v) is 11.6. The zero-order chi connectivity index (χ0) is 21.4. The molecule has 0 spiro atoms. The van der Waals surface area contributed by atoms with E-state index in [0.29, 0.717) is 5.91 Å². The molecule has 0 unspecified atom stereocenters. The van der Waals surface area contributed by atoms with Gasteiger partial charge < -0.3 is 14.5 Å². The zero-order valence-electron chi connectivity index (χ0n) is 18.6.